The Hall–Kier alpha value is -0.650. The van der Waals surface area contributed by atoms with E-state index in [1.165, 1.54) is 0 Å². The standard InChI is InChI=1S/C12H10Br2N2S/c13-7-1-9(15)5-11(3-7)17-12-4-8(14)2-10(16)6-12/h1-6H,15-16H2. The van der Waals surface area contributed by atoms with Crippen LogP contribution in [0, 0.1) is 0 Å². The topological polar surface area (TPSA) is 52.0 Å². The van der Waals surface area contributed by atoms with Gasteiger partial charge in [0.05, 0.1) is 0 Å². The summed E-state index contributed by atoms with van der Waals surface area (Å²) in [5.74, 6) is 0. The average molecular weight is 374 g/mol. The van der Waals surface area contributed by atoms with E-state index in [-0.39, 0.29) is 0 Å². The molecule has 0 aliphatic carbocycles. The van der Waals surface area contributed by atoms with Crippen molar-refractivity contribution < 1.29 is 0 Å². The van der Waals surface area contributed by atoms with Gasteiger partial charge in [0.2, 0.25) is 0 Å². The van der Waals surface area contributed by atoms with E-state index in [0.29, 0.717) is 0 Å². The van der Waals surface area contributed by atoms with Gasteiger partial charge in [0.15, 0.2) is 0 Å². The Balaban J connectivity index is 2.31. The van der Waals surface area contributed by atoms with Gasteiger partial charge in [0, 0.05) is 30.1 Å². The van der Waals surface area contributed by atoms with Gasteiger partial charge in [-0.05, 0) is 36.4 Å². The monoisotopic (exact) mass is 372 g/mol. The van der Waals surface area contributed by atoms with Gasteiger partial charge in [-0.3, -0.25) is 0 Å². The first-order chi connectivity index (χ1) is 8.02. The summed E-state index contributed by atoms with van der Waals surface area (Å²) in [6, 6.07) is 11.7. The average Bonchev–Trinajstić information content (AvgIpc) is 2.13. The van der Waals surface area contributed by atoms with Gasteiger partial charge in [-0.15, -0.1) is 0 Å². The molecule has 2 rings (SSSR count). The lowest BCUT2D eigenvalue weighted by Crippen LogP contribution is -1.87. The van der Waals surface area contributed by atoms with Crippen LogP contribution in [0.3, 0.4) is 0 Å². The molecular weight excluding hydrogens is 364 g/mol. The lowest BCUT2D eigenvalue weighted by Gasteiger charge is -2.05. The molecule has 0 aliphatic heterocycles. The molecule has 0 atom stereocenters. The maximum atomic E-state index is 5.80. The summed E-state index contributed by atoms with van der Waals surface area (Å²) >= 11 is 8.48. The van der Waals surface area contributed by atoms with Crippen molar-refractivity contribution in [2.24, 2.45) is 0 Å². The zero-order chi connectivity index (χ0) is 12.4. The molecule has 2 aromatic carbocycles. The molecule has 88 valence electrons. The van der Waals surface area contributed by atoms with Crippen LogP contribution in [0.15, 0.2) is 55.1 Å². The normalized spacial score (nSPS) is 10.5. The first-order valence-corrected chi connectivity index (χ1v) is 7.23. The first kappa shape index (κ1) is 12.8. The Morgan fingerprint density at radius 3 is 1.47 bits per heavy atom. The summed E-state index contributed by atoms with van der Waals surface area (Å²) in [6.07, 6.45) is 0. The second-order valence-electron chi connectivity index (χ2n) is 3.54. The Morgan fingerprint density at radius 1 is 0.706 bits per heavy atom. The molecule has 0 bridgehead atoms. The van der Waals surface area contributed by atoms with E-state index in [4.69, 9.17) is 11.5 Å². The molecule has 4 N–H and O–H groups in total. The lowest BCUT2D eigenvalue weighted by atomic mass is 10.3. The van der Waals surface area contributed by atoms with Crippen molar-refractivity contribution in [1.29, 1.82) is 0 Å². The number of halogens is 2. The number of hydrogen-bond acceptors (Lipinski definition) is 3. The molecule has 0 saturated carbocycles. The maximum absolute atomic E-state index is 5.80. The van der Waals surface area contributed by atoms with Crippen molar-refractivity contribution in [3.05, 3.63) is 45.3 Å². The van der Waals surface area contributed by atoms with Crippen LogP contribution < -0.4 is 11.5 Å². The van der Waals surface area contributed by atoms with E-state index < -0.39 is 0 Å². The van der Waals surface area contributed by atoms with Crippen molar-refractivity contribution >= 4 is 55.0 Å². The minimum atomic E-state index is 0.741. The second-order valence-corrected chi connectivity index (χ2v) is 6.52. The van der Waals surface area contributed by atoms with Crippen molar-refractivity contribution in [3.8, 4) is 0 Å². The molecule has 5 heteroatoms. The highest BCUT2D eigenvalue weighted by molar-refractivity contribution is 9.10. The predicted molar refractivity (Wildman–Crippen MR) is 81.2 cm³/mol. The smallest absolute Gasteiger partial charge is 0.0336 e. The molecule has 2 nitrogen and oxygen atoms in total. The number of nitrogen functional groups attached to an aromatic ring is 2. The highest BCUT2D eigenvalue weighted by Crippen LogP contribution is 2.33. The van der Waals surface area contributed by atoms with Crippen molar-refractivity contribution in [1.82, 2.24) is 0 Å². The zero-order valence-electron chi connectivity index (χ0n) is 8.78. The molecule has 0 amide bonds. The minimum absolute atomic E-state index is 0.741. The number of nitrogens with two attached hydrogens (primary N) is 2. The molecule has 0 spiro atoms. The molecule has 0 aliphatic rings. The van der Waals surface area contributed by atoms with E-state index in [9.17, 15) is 0 Å². The fourth-order valence-electron chi connectivity index (χ4n) is 1.42. The van der Waals surface area contributed by atoms with Crippen LogP contribution >= 0.6 is 43.6 Å². The lowest BCUT2D eigenvalue weighted by molar-refractivity contribution is 1.38. The van der Waals surface area contributed by atoms with Gasteiger partial charge in [0.1, 0.15) is 0 Å². The second kappa shape index (κ2) is 5.33. The van der Waals surface area contributed by atoms with Gasteiger partial charge in [-0.25, -0.2) is 0 Å². The summed E-state index contributed by atoms with van der Waals surface area (Å²) in [6.45, 7) is 0. The summed E-state index contributed by atoms with van der Waals surface area (Å²) < 4.78 is 1.95. The summed E-state index contributed by atoms with van der Waals surface area (Å²) in [5.41, 5.74) is 13.1. The fraction of sp³-hybridized carbons (Fsp3) is 0. The summed E-state index contributed by atoms with van der Waals surface area (Å²) in [7, 11) is 0. The van der Waals surface area contributed by atoms with E-state index in [2.05, 4.69) is 31.9 Å². The van der Waals surface area contributed by atoms with Crippen molar-refractivity contribution in [3.63, 3.8) is 0 Å². The van der Waals surface area contributed by atoms with Crippen LogP contribution in [-0.4, -0.2) is 0 Å². The highest BCUT2D eigenvalue weighted by Gasteiger charge is 2.02. The quantitative estimate of drug-likeness (QED) is 0.760. The zero-order valence-corrected chi connectivity index (χ0v) is 12.8. The van der Waals surface area contributed by atoms with Crippen LogP contribution in [0.5, 0.6) is 0 Å². The van der Waals surface area contributed by atoms with Crippen molar-refractivity contribution in [2.75, 3.05) is 11.5 Å². The summed E-state index contributed by atoms with van der Waals surface area (Å²) in [4.78, 5) is 2.16. The highest BCUT2D eigenvalue weighted by atomic mass is 79.9. The van der Waals surface area contributed by atoms with Crippen LogP contribution in [0.1, 0.15) is 0 Å². The third-order valence-corrected chi connectivity index (χ3v) is 3.88. The number of hydrogen-bond donors (Lipinski definition) is 2. The predicted octanol–water partition coefficient (Wildman–Crippen LogP) is 4.53. The van der Waals surface area contributed by atoms with Crippen molar-refractivity contribution in [2.45, 2.75) is 9.79 Å². The Labute approximate surface area is 121 Å². The van der Waals surface area contributed by atoms with Gasteiger partial charge in [0.25, 0.3) is 0 Å². The van der Waals surface area contributed by atoms with Gasteiger partial charge < -0.3 is 11.5 Å². The van der Waals surface area contributed by atoms with E-state index in [1.54, 1.807) is 11.8 Å². The number of anilines is 2. The molecule has 17 heavy (non-hydrogen) atoms. The van der Waals surface area contributed by atoms with Crippen LogP contribution in [0.25, 0.3) is 0 Å². The third-order valence-electron chi connectivity index (χ3n) is 2.02. The molecule has 0 heterocycles. The van der Waals surface area contributed by atoms with Crippen LogP contribution in [-0.2, 0) is 0 Å². The molecule has 0 aromatic heterocycles. The Kier molecular flexibility index (Phi) is 4.01. The number of rotatable bonds is 2. The first-order valence-electron chi connectivity index (χ1n) is 4.83. The maximum Gasteiger partial charge on any atom is 0.0336 e. The van der Waals surface area contributed by atoms with E-state index in [0.717, 1.165) is 30.1 Å². The number of benzene rings is 2. The molecule has 0 saturated heterocycles. The Bertz CT molecular complexity index is 468. The minimum Gasteiger partial charge on any atom is -0.399 e. The molecule has 0 unspecified atom stereocenters. The summed E-state index contributed by atoms with van der Waals surface area (Å²) in [5, 5.41) is 0. The molecular formula is C12H10Br2N2S. The molecule has 2 aromatic rings. The van der Waals surface area contributed by atoms with Gasteiger partial charge in [-0.2, -0.15) is 0 Å². The van der Waals surface area contributed by atoms with Crippen LogP contribution in [0.2, 0.25) is 0 Å². The van der Waals surface area contributed by atoms with E-state index >= 15 is 0 Å². The van der Waals surface area contributed by atoms with Gasteiger partial charge >= 0.3 is 0 Å². The third kappa shape index (κ3) is 3.66. The fourth-order valence-corrected chi connectivity index (χ4v) is 3.78. The largest absolute Gasteiger partial charge is 0.399 e. The molecule has 0 fully saturated rings. The van der Waals surface area contributed by atoms with Crippen LogP contribution in [0.4, 0.5) is 11.4 Å². The Morgan fingerprint density at radius 2 is 1.12 bits per heavy atom. The SMILES string of the molecule is Nc1cc(Br)cc(Sc2cc(N)cc(Br)c2)c1. The van der Waals surface area contributed by atoms with E-state index in [1.807, 2.05) is 36.4 Å². The molecule has 0 radical (unpaired) electrons. The van der Waals surface area contributed by atoms with Gasteiger partial charge in [-0.1, -0.05) is 43.6 Å².